The summed E-state index contributed by atoms with van der Waals surface area (Å²) in [6, 6.07) is 12.0. The van der Waals surface area contributed by atoms with Crippen molar-refractivity contribution in [2.24, 2.45) is 0 Å². The Morgan fingerprint density at radius 2 is 1.92 bits per heavy atom. The Morgan fingerprint density at radius 3 is 2.54 bits per heavy atom. The summed E-state index contributed by atoms with van der Waals surface area (Å²) in [5.74, 6) is -0.759. The number of hydrogen-bond acceptors (Lipinski definition) is 4. The predicted octanol–water partition coefficient (Wildman–Crippen LogP) is 2.83. The highest BCUT2D eigenvalue weighted by atomic mass is 35.5. The second-order valence-corrected chi connectivity index (χ2v) is 8.07. The number of thiophene rings is 1. The lowest BCUT2D eigenvalue weighted by Gasteiger charge is -2.23. The molecule has 0 saturated carbocycles. The average molecular weight is 392 g/mol. The van der Waals surface area contributed by atoms with Gasteiger partial charge in [0.15, 0.2) is 0 Å². The molecule has 3 rings (SSSR count). The smallest absolute Gasteiger partial charge is 0.325 e. The fraction of sp³-hybridized carbons (Fsp3) is 0.278. The molecule has 6 nitrogen and oxygen atoms in total. The zero-order valence-corrected chi connectivity index (χ0v) is 15.9. The number of amides is 4. The number of imide groups is 1. The van der Waals surface area contributed by atoms with Gasteiger partial charge in [-0.2, -0.15) is 0 Å². The Morgan fingerprint density at radius 1 is 1.23 bits per heavy atom. The van der Waals surface area contributed by atoms with Gasteiger partial charge >= 0.3 is 6.03 Å². The summed E-state index contributed by atoms with van der Waals surface area (Å²) < 4.78 is 0.647. The minimum absolute atomic E-state index is 0.303. The molecule has 1 saturated heterocycles. The molecule has 1 aliphatic rings. The molecule has 1 fully saturated rings. The second-order valence-electron chi connectivity index (χ2n) is 6.27. The third kappa shape index (κ3) is 3.45. The first kappa shape index (κ1) is 18.4. The van der Waals surface area contributed by atoms with Crippen molar-refractivity contribution < 1.29 is 14.4 Å². The number of halogens is 1. The lowest BCUT2D eigenvalue weighted by molar-refractivity contribution is -0.138. The molecule has 1 aromatic carbocycles. The summed E-state index contributed by atoms with van der Waals surface area (Å²) in [5, 5.41) is 2.70. The van der Waals surface area contributed by atoms with Gasteiger partial charge < -0.3 is 10.2 Å². The quantitative estimate of drug-likeness (QED) is 0.797. The molecule has 0 bridgehead atoms. The van der Waals surface area contributed by atoms with E-state index in [0.29, 0.717) is 16.4 Å². The van der Waals surface area contributed by atoms with E-state index in [0.717, 1.165) is 9.78 Å². The van der Waals surface area contributed by atoms with E-state index >= 15 is 0 Å². The number of nitrogens with one attached hydrogen (secondary N) is 1. The second kappa shape index (κ2) is 7.09. The highest BCUT2D eigenvalue weighted by Gasteiger charge is 2.49. The Hall–Kier alpha value is -2.38. The van der Waals surface area contributed by atoms with E-state index in [4.69, 9.17) is 11.6 Å². The number of benzene rings is 1. The number of carbonyl (C=O) groups is 3. The summed E-state index contributed by atoms with van der Waals surface area (Å²) in [5.41, 5.74) is -0.492. The van der Waals surface area contributed by atoms with Crippen LogP contribution in [0, 0.1) is 0 Å². The first-order chi connectivity index (χ1) is 12.3. The van der Waals surface area contributed by atoms with Crippen LogP contribution in [0.15, 0.2) is 42.5 Å². The molecule has 8 heteroatoms. The van der Waals surface area contributed by atoms with Crippen LogP contribution in [0.2, 0.25) is 4.34 Å². The van der Waals surface area contributed by atoms with Crippen LogP contribution in [-0.2, 0) is 21.7 Å². The minimum Gasteiger partial charge on any atom is -0.339 e. The Kier molecular flexibility index (Phi) is 5.02. The van der Waals surface area contributed by atoms with Crippen molar-refractivity contribution in [2.45, 2.75) is 19.0 Å². The molecule has 136 valence electrons. The highest BCUT2D eigenvalue weighted by Crippen LogP contribution is 2.28. The summed E-state index contributed by atoms with van der Waals surface area (Å²) in [4.78, 5) is 41.0. The summed E-state index contributed by atoms with van der Waals surface area (Å²) in [6.45, 7) is 1.71. The first-order valence-electron chi connectivity index (χ1n) is 7.99. The van der Waals surface area contributed by atoms with Crippen LogP contribution in [0.25, 0.3) is 0 Å². The van der Waals surface area contributed by atoms with Gasteiger partial charge in [-0.25, -0.2) is 4.79 Å². The van der Waals surface area contributed by atoms with Crippen molar-refractivity contribution in [2.75, 3.05) is 13.6 Å². The van der Waals surface area contributed by atoms with Crippen LogP contribution in [0.1, 0.15) is 17.4 Å². The van der Waals surface area contributed by atoms with Crippen LogP contribution in [0.5, 0.6) is 0 Å². The zero-order chi connectivity index (χ0) is 18.9. The molecule has 1 aliphatic heterocycles. The summed E-state index contributed by atoms with van der Waals surface area (Å²) in [7, 11) is 1.63. The Labute approximate surface area is 160 Å². The molecule has 0 radical (unpaired) electrons. The normalized spacial score (nSPS) is 19.6. The zero-order valence-electron chi connectivity index (χ0n) is 14.4. The van der Waals surface area contributed by atoms with Gasteiger partial charge in [0, 0.05) is 11.9 Å². The molecule has 1 aromatic heterocycles. The van der Waals surface area contributed by atoms with Crippen LogP contribution < -0.4 is 5.32 Å². The lowest BCUT2D eigenvalue weighted by atomic mass is 9.92. The van der Waals surface area contributed by atoms with E-state index in [1.165, 1.54) is 16.2 Å². The van der Waals surface area contributed by atoms with Crippen LogP contribution in [-0.4, -0.2) is 41.2 Å². The topological polar surface area (TPSA) is 69.7 Å². The van der Waals surface area contributed by atoms with E-state index in [-0.39, 0.29) is 12.5 Å². The van der Waals surface area contributed by atoms with E-state index < -0.39 is 17.5 Å². The number of hydrogen-bond donors (Lipinski definition) is 1. The van der Waals surface area contributed by atoms with Crippen LogP contribution in [0.3, 0.4) is 0 Å². The van der Waals surface area contributed by atoms with Crippen molar-refractivity contribution in [1.82, 2.24) is 15.1 Å². The largest absolute Gasteiger partial charge is 0.339 e. The van der Waals surface area contributed by atoms with Crippen molar-refractivity contribution in [1.29, 1.82) is 0 Å². The molecule has 1 atom stereocenters. The van der Waals surface area contributed by atoms with E-state index in [9.17, 15) is 14.4 Å². The maximum absolute atomic E-state index is 12.8. The fourth-order valence-corrected chi connectivity index (χ4v) is 3.96. The molecule has 26 heavy (non-hydrogen) atoms. The van der Waals surface area contributed by atoms with Gasteiger partial charge in [0.1, 0.15) is 12.1 Å². The predicted molar refractivity (Wildman–Crippen MR) is 99.8 cm³/mol. The molecule has 2 aromatic rings. The molecule has 1 N–H and O–H groups in total. The van der Waals surface area contributed by atoms with Gasteiger partial charge in [0.05, 0.1) is 10.9 Å². The number of rotatable bonds is 5. The van der Waals surface area contributed by atoms with Gasteiger partial charge in [0.2, 0.25) is 5.91 Å². The molecule has 0 spiro atoms. The van der Waals surface area contributed by atoms with Crippen molar-refractivity contribution >= 4 is 40.8 Å². The van der Waals surface area contributed by atoms with Gasteiger partial charge in [-0.3, -0.25) is 14.5 Å². The number of nitrogens with zero attached hydrogens (tertiary/aromatic N) is 2. The van der Waals surface area contributed by atoms with Gasteiger partial charge in [-0.05, 0) is 24.6 Å². The third-order valence-electron chi connectivity index (χ3n) is 4.37. The fourth-order valence-electron chi connectivity index (χ4n) is 2.82. The van der Waals surface area contributed by atoms with Gasteiger partial charge in [-0.1, -0.05) is 41.9 Å². The third-order valence-corrected chi connectivity index (χ3v) is 5.58. The van der Waals surface area contributed by atoms with Gasteiger partial charge in [0.25, 0.3) is 5.91 Å². The maximum Gasteiger partial charge on any atom is 0.325 e. The maximum atomic E-state index is 12.8. The Bertz CT molecular complexity index is 854. The first-order valence-corrected chi connectivity index (χ1v) is 9.18. The monoisotopic (exact) mass is 391 g/mol. The summed E-state index contributed by atoms with van der Waals surface area (Å²) >= 11 is 7.28. The van der Waals surface area contributed by atoms with E-state index in [2.05, 4.69) is 5.32 Å². The SMILES string of the molecule is CN(Cc1ccc(Cl)s1)C(=O)CN1C(=O)NC(C)(c2ccccc2)C1=O. The molecular formula is C18H18ClN3O3S. The molecule has 2 heterocycles. The van der Waals surface area contributed by atoms with E-state index in [1.807, 2.05) is 12.1 Å². The van der Waals surface area contributed by atoms with Gasteiger partial charge in [-0.15, -0.1) is 11.3 Å². The average Bonchev–Trinajstić information content (AvgIpc) is 3.12. The van der Waals surface area contributed by atoms with Crippen LogP contribution >= 0.6 is 22.9 Å². The van der Waals surface area contributed by atoms with Crippen molar-refractivity contribution in [3.05, 3.63) is 57.2 Å². The van der Waals surface area contributed by atoms with E-state index in [1.54, 1.807) is 44.3 Å². The molecular weight excluding hydrogens is 374 g/mol. The number of carbonyl (C=O) groups excluding carboxylic acids is 3. The van der Waals surface area contributed by atoms with Crippen molar-refractivity contribution in [3.8, 4) is 0 Å². The molecule has 1 unspecified atom stereocenters. The van der Waals surface area contributed by atoms with Crippen LogP contribution in [0.4, 0.5) is 4.79 Å². The molecule has 0 aliphatic carbocycles. The highest BCUT2D eigenvalue weighted by molar-refractivity contribution is 7.16. The summed E-state index contributed by atoms with van der Waals surface area (Å²) in [6.07, 6.45) is 0. The number of urea groups is 1. The lowest BCUT2D eigenvalue weighted by Crippen LogP contribution is -2.43. The standard InChI is InChI=1S/C18H18ClN3O3S/c1-18(12-6-4-3-5-7-12)16(24)22(17(25)20-18)11-15(23)21(2)10-13-8-9-14(19)26-13/h3-9H,10-11H2,1-2H3,(H,20,25). The van der Waals surface area contributed by atoms with Crippen molar-refractivity contribution in [3.63, 3.8) is 0 Å². The number of likely N-dealkylation sites (N-methyl/N-ethyl adjacent to an activating group) is 1. The molecule has 4 amide bonds. The Balaban J connectivity index is 1.70. The minimum atomic E-state index is -1.17.